The third-order valence-corrected chi connectivity index (χ3v) is 4.02. The lowest BCUT2D eigenvalue weighted by Crippen LogP contribution is -2.40. The zero-order valence-electron chi connectivity index (χ0n) is 6.55. The maximum absolute atomic E-state index is 5.58. The summed E-state index contributed by atoms with van der Waals surface area (Å²) in [5, 5.41) is 0. The predicted octanol–water partition coefficient (Wildman–Crippen LogP) is 1.52. The van der Waals surface area contributed by atoms with Gasteiger partial charge in [0, 0.05) is 35.3 Å². The molecule has 11 heavy (non-hydrogen) atoms. The first-order chi connectivity index (χ1) is 5.25. The van der Waals surface area contributed by atoms with Crippen molar-refractivity contribution in [1.82, 2.24) is 3.11 Å². The Labute approximate surface area is 80.5 Å². The van der Waals surface area contributed by atoms with Crippen LogP contribution in [0.15, 0.2) is 0 Å². The summed E-state index contributed by atoms with van der Waals surface area (Å²) in [6.45, 7) is 3.69. The minimum atomic E-state index is -0.361. The second-order valence-corrected chi connectivity index (χ2v) is 4.15. The van der Waals surface area contributed by atoms with Crippen molar-refractivity contribution >= 4 is 22.9 Å². The monoisotopic (exact) mass is 269 g/mol. The molecule has 0 aromatic rings. The number of hydrogen-bond acceptors (Lipinski definition) is 3. The van der Waals surface area contributed by atoms with Crippen LogP contribution in [0.25, 0.3) is 0 Å². The molecular weight excluding hydrogens is 257 g/mol. The molecule has 3 nitrogen and oxygen atoms in total. The van der Waals surface area contributed by atoms with E-state index in [1.807, 2.05) is 0 Å². The molecule has 64 valence electrons. The predicted molar refractivity (Wildman–Crippen MR) is 49.2 cm³/mol. The molecule has 0 radical (unpaired) electrons. The number of hydrogen-bond donors (Lipinski definition) is 0. The van der Waals surface area contributed by atoms with E-state index in [4.69, 9.17) is 9.47 Å². The molecule has 2 aliphatic rings. The van der Waals surface area contributed by atoms with Crippen molar-refractivity contribution in [3.05, 3.63) is 0 Å². The Balaban J connectivity index is 2.13. The summed E-state index contributed by atoms with van der Waals surface area (Å²) in [5.41, 5.74) is 0. The van der Waals surface area contributed by atoms with E-state index in [1.54, 1.807) is 0 Å². The van der Waals surface area contributed by atoms with Gasteiger partial charge < -0.3 is 9.47 Å². The zero-order chi connectivity index (χ0) is 7.90. The molecule has 0 saturated carbocycles. The van der Waals surface area contributed by atoms with Crippen molar-refractivity contribution in [2.45, 2.75) is 31.7 Å². The summed E-state index contributed by atoms with van der Waals surface area (Å²) in [4.78, 5) is 0. The fourth-order valence-corrected chi connectivity index (χ4v) is 2.46. The summed E-state index contributed by atoms with van der Waals surface area (Å²) in [5.74, 6) is -0.361. The van der Waals surface area contributed by atoms with E-state index in [0.717, 1.165) is 19.6 Å². The standard InChI is InChI=1S/C7H12INO2/c1-6-2-3-7(9(6)8)10-4-5-11-7/h6H,2-5H2,1H3. The number of ether oxygens (including phenoxy) is 2. The summed E-state index contributed by atoms with van der Waals surface area (Å²) in [6.07, 6.45) is 2.18. The molecule has 0 amide bonds. The molecule has 1 spiro atoms. The van der Waals surface area contributed by atoms with E-state index in [0.29, 0.717) is 6.04 Å². The van der Waals surface area contributed by atoms with E-state index in [-0.39, 0.29) is 5.91 Å². The molecule has 0 N–H and O–H groups in total. The van der Waals surface area contributed by atoms with Crippen molar-refractivity contribution < 1.29 is 9.47 Å². The number of nitrogens with zero attached hydrogens (tertiary/aromatic N) is 1. The Kier molecular flexibility index (Phi) is 2.11. The summed E-state index contributed by atoms with van der Waals surface area (Å²) >= 11 is 2.30. The van der Waals surface area contributed by atoms with Crippen molar-refractivity contribution in [1.29, 1.82) is 0 Å². The quantitative estimate of drug-likeness (QED) is 0.491. The van der Waals surface area contributed by atoms with E-state index in [9.17, 15) is 0 Å². The Hall–Kier alpha value is 0.610. The van der Waals surface area contributed by atoms with Crippen LogP contribution in [0.4, 0.5) is 0 Å². The van der Waals surface area contributed by atoms with Crippen molar-refractivity contribution in [3.8, 4) is 0 Å². The number of rotatable bonds is 0. The molecule has 2 rings (SSSR count). The van der Waals surface area contributed by atoms with Crippen LogP contribution in [0.5, 0.6) is 0 Å². The fourth-order valence-electron chi connectivity index (χ4n) is 1.66. The Morgan fingerprint density at radius 1 is 1.45 bits per heavy atom. The van der Waals surface area contributed by atoms with Gasteiger partial charge in [0.05, 0.1) is 13.2 Å². The molecule has 0 aromatic carbocycles. The van der Waals surface area contributed by atoms with Crippen LogP contribution < -0.4 is 0 Å². The third-order valence-electron chi connectivity index (χ3n) is 2.33. The maximum atomic E-state index is 5.58. The molecule has 4 heteroatoms. The lowest BCUT2D eigenvalue weighted by Gasteiger charge is -2.29. The fraction of sp³-hybridized carbons (Fsp3) is 1.00. The highest BCUT2D eigenvalue weighted by Crippen LogP contribution is 2.40. The second kappa shape index (κ2) is 2.83. The zero-order valence-corrected chi connectivity index (χ0v) is 8.70. The molecule has 0 aliphatic carbocycles. The highest BCUT2D eigenvalue weighted by atomic mass is 127. The molecule has 2 fully saturated rings. The van der Waals surface area contributed by atoms with Crippen molar-refractivity contribution in [2.75, 3.05) is 13.2 Å². The SMILES string of the molecule is CC1CCC2(OCCO2)N1I. The van der Waals surface area contributed by atoms with Gasteiger partial charge in [0.1, 0.15) is 0 Å². The molecular formula is C7H12INO2. The van der Waals surface area contributed by atoms with E-state index >= 15 is 0 Å². The van der Waals surface area contributed by atoms with Crippen LogP contribution in [0.1, 0.15) is 19.8 Å². The van der Waals surface area contributed by atoms with Crippen LogP contribution in [0.2, 0.25) is 0 Å². The summed E-state index contributed by atoms with van der Waals surface area (Å²) < 4.78 is 13.3. The third kappa shape index (κ3) is 1.20. The maximum Gasteiger partial charge on any atom is 0.238 e. The molecule has 0 bridgehead atoms. The molecule has 2 heterocycles. The van der Waals surface area contributed by atoms with Crippen LogP contribution in [0.3, 0.4) is 0 Å². The summed E-state index contributed by atoms with van der Waals surface area (Å²) in [6, 6.07) is 0.577. The van der Waals surface area contributed by atoms with Crippen LogP contribution in [0, 0.1) is 0 Å². The van der Waals surface area contributed by atoms with Crippen molar-refractivity contribution in [3.63, 3.8) is 0 Å². The Morgan fingerprint density at radius 3 is 2.55 bits per heavy atom. The van der Waals surface area contributed by atoms with Gasteiger partial charge in [-0.1, -0.05) is 0 Å². The molecule has 2 saturated heterocycles. The highest BCUT2D eigenvalue weighted by Gasteiger charge is 2.48. The van der Waals surface area contributed by atoms with Gasteiger partial charge >= 0.3 is 0 Å². The Morgan fingerprint density at radius 2 is 2.09 bits per heavy atom. The van der Waals surface area contributed by atoms with Crippen molar-refractivity contribution in [2.24, 2.45) is 0 Å². The highest BCUT2D eigenvalue weighted by molar-refractivity contribution is 14.1. The van der Waals surface area contributed by atoms with E-state index in [2.05, 4.69) is 32.9 Å². The molecule has 1 atom stereocenters. The first-order valence-electron chi connectivity index (χ1n) is 3.98. The summed E-state index contributed by atoms with van der Waals surface area (Å²) in [7, 11) is 0. The van der Waals surface area contributed by atoms with Gasteiger partial charge in [-0.2, -0.15) is 3.11 Å². The van der Waals surface area contributed by atoms with Crippen LogP contribution >= 0.6 is 22.9 Å². The van der Waals surface area contributed by atoms with Gasteiger partial charge in [-0.25, -0.2) is 0 Å². The van der Waals surface area contributed by atoms with Gasteiger partial charge in [-0.05, 0) is 13.3 Å². The van der Waals surface area contributed by atoms with Crippen LogP contribution in [-0.4, -0.2) is 28.3 Å². The van der Waals surface area contributed by atoms with Gasteiger partial charge in [-0.15, -0.1) is 0 Å². The lowest BCUT2D eigenvalue weighted by molar-refractivity contribution is -0.204. The average Bonchev–Trinajstić information content (AvgIpc) is 2.56. The first-order valence-corrected chi connectivity index (χ1v) is 4.94. The first kappa shape index (κ1) is 8.22. The number of halogens is 1. The normalized spacial score (nSPS) is 37.1. The largest absolute Gasteiger partial charge is 0.334 e. The molecule has 2 aliphatic heterocycles. The van der Waals surface area contributed by atoms with Gasteiger partial charge in [0.25, 0.3) is 0 Å². The van der Waals surface area contributed by atoms with E-state index in [1.165, 1.54) is 6.42 Å². The van der Waals surface area contributed by atoms with Crippen LogP contribution in [-0.2, 0) is 9.47 Å². The van der Waals surface area contributed by atoms with Gasteiger partial charge in [-0.3, -0.25) is 0 Å². The van der Waals surface area contributed by atoms with Gasteiger partial charge in [0.2, 0.25) is 5.91 Å². The van der Waals surface area contributed by atoms with E-state index < -0.39 is 0 Å². The molecule has 1 unspecified atom stereocenters. The smallest absolute Gasteiger partial charge is 0.238 e. The topological polar surface area (TPSA) is 21.7 Å². The average molecular weight is 269 g/mol. The van der Waals surface area contributed by atoms with Gasteiger partial charge in [0.15, 0.2) is 0 Å². The molecule has 0 aromatic heterocycles. The second-order valence-electron chi connectivity index (χ2n) is 3.11. The minimum Gasteiger partial charge on any atom is -0.334 e. The Bertz CT molecular complexity index is 159. The minimum absolute atomic E-state index is 0.361. The lowest BCUT2D eigenvalue weighted by atomic mass is 10.2.